The Morgan fingerprint density at radius 2 is 1.96 bits per heavy atom. The molecule has 4 aromatic rings. The highest BCUT2D eigenvalue weighted by molar-refractivity contribution is 6.36. The molecule has 0 saturated carbocycles. The van der Waals surface area contributed by atoms with Crippen molar-refractivity contribution in [2.75, 3.05) is 44.7 Å². The number of anilines is 1. The summed E-state index contributed by atoms with van der Waals surface area (Å²) in [6.45, 7) is 9.50. The number of amides is 1. The Kier molecular flexibility index (Phi) is 8.65. The first-order valence-corrected chi connectivity index (χ1v) is 15.3. The van der Waals surface area contributed by atoms with Crippen LogP contribution in [0.4, 0.5) is 10.2 Å². The molecule has 0 spiro atoms. The number of carbonyl (C=O) groups excluding carboxylic acids is 1. The second-order valence-corrected chi connectivity index (χ2v) is 11.8. The van der Waals surface area contributed by atoms with Crippen LogP contribution in [-0.4, -0.2) is 82.6 Å². The van der Waals surface area contributed by atoms with Gasteiger partial charge in [0.15, 0.2) is 11.6 Å². The minimum Gasteiger partial charge on any atom is -0.462 e. The largest absolute Gasteiger partial charge is 0.462 e. The zero-order valence-electron chi connectivity index (χ0n) is 25.0. The highest BCUT2D eigenvalue weighted by Crippen LogP contribution is 2.39. The molecule has 0 N–H and O–H groups in total. The van der Waals surface area contributed by atoms with E-state index >= 15 is 0 Å². The summed E-state index contributed by atoms with van der Waals surface area (Å²) in [6, 6.07) is 13.8. The summed E-state index contributed by atoms with van der Waals surface area (Å²) >= 11 is 6.70. The number of hydrogen-bond donors (Lipinski definition) is 0. The van der Waals surface area contributed by atoms with E-state index in [1.165, 1.54) is 4.90 Å². The van der Waals surface area contributed by atoms with Crippen LogP contribution in [0.2, 0.25) is 5.02 Å². The molecular weight excluding hydrogens is 593 g/mol. The van der Waals surface area contributed by atoms with Crippen LogP contribution in [0.5, 0.6) is 6.01 Å². The molecule has 230 valence electrons. The van der Waals surface area contributed by atoms with Gasteiger partial charge in [0, 0.05) is 53.4 Å². The zero-order chi connectivity index (χ0) is 31.7. The number of rotatable bonds is 8. The maximum Gasteiger partial charge on any atom is 0.319 e. The van der Waals surface area contributed by atoms with Gasteiger partial charge in [-0.3, -0.25) is 4.79 Å². The quantitative estimate of drug-likeness (QED) is 0.219. The fourth-order valence-electron chi connectivity index (χ4n) is 6.39. The third-order valence-corrected chi connectivity index (χ3v) is 9.05. The fraction of sp³-hybridized carbons (Fsp3) is 0.324. The molecular formula is C34H33ClFN7O2. The third-order valence-electron chi connectivity index (χ3n) is 8.74. The second-order valence-electron chi connectivity index (χ2n) is 11.4. The number of ether oxygens (including phenoxy) is 1. The molecule has 9 nitrogen and oxygen atoms in total. The summed E-state index contributed by atoms with van der Waals surface area (Å²) in [4.78, 5) is 32.7. The summed E-state index contributed by atoms with van der Waals surface area (Å²) < 4.78 is 20.1. The van der Waals surface area contributed by atoms with Gasteiger partial charge in [-0.25, -0.2) is 9.37 Å². The minimum absolute atomic E-state index is 0.0211. The molecule has 2 fully saturated rings. The van der Waals surface area contributed by atoms with Gasteiger partial charge in [-0.1, -0.05) is 61.2 Å². The van der Waals surface area contributed by atoms with Crippen molar-refractivity contribution in [1.82, 2.24) is 24.8 Å². The van der Waals surface area contributed by atoms with Crippen LogP contribution in [-0.2, 0) is 4.79 Å². The normalized spacial score (nSPS) is 18.7. The molecule has 2 aromatic carbocycles. The Balaban J connectivity index is 1.48. The molecule has 0 radical (unpaired) electrons. The van der Waals surface area contributed by atoms with Crippen molar-refractivity contribution in [3.8, 4) is 23.2 Å². The SMILES string of the molecule is C=Cc1c(-c2cccc3cccc(Cl)c23)cnc2c(N3CCN(C(=O)C(=C)F)[C@@H](CC#N)C3)nc(OCC3CCCN3C)nc12. The average Bonchev–Trinajstić information content (AvgIpc) is 3.46. The van der Waals surface area contributed by atoms with Crippen molar-refractivity contribution < 1.29 is 13.9 Å². The van der Waals surface area contributed by atoms with Gasteiger partial charge in [-0.05, 0) is 43.5 Å². The average molecular weight is 626 g/mol. The van der Waals surface area contributed by atoms with Gasteiger partial charge >= 0.3 is 6.01 Å². The number of likely N-dealkylation sites (N-methyl/N-ethyl adjacent to an activating group) is 1. The lowest BCUT2D eigenvalue weighted by atomic mass is 9.95. The number of nitriles is 1. The van der Waals surface area contributed by atoms with Crippen LogP contribution in [0.15, 0.2) is 61.6 Å². The first kappa shape index (κ1) is 30.4. The molecule has 2 aliphatic rings. The topological polar surface area (TPSA) is 98.5 Å². The number of piperazine rings is 1. The lowest BCUT2D eigenvalue weighted by Crippen LogP contribution is -2.55. The Morgan fingerprint density at radius 1 is 1.16 bits per heavy atom. The van der Waals surface area contributed by atoms with Gasteiger partial charge < -0.3 is 19.4 Å². The van der Waals surface area contributed by atoms with E-state index < -0.39 is 17.8 Å². The number of aromatic nitrogens is 3. The molecule has 4 heterocycles. The molecule has 0 bridgehead atoms. The summed E-state index contributed by atoms with van der Waals surface area (Å²) in [5.41, 5.74) is 3.52. The maximum atomic E-state index is 13.8. The molecule has 45 heavy (non-hydrogen) atoms. The monoisotopic (exact) mass is 625 g/mol. The molecule has 11 heteroatoms. The molecule has 2 aliphatic heterocycles. The smallest absolute Gasteiger partial charge is 0.319 e. The minimum atomic E-state index is -1.05. The molecule has 0 aliphatic carbocycles. The van der Waals surface area contributed by atoms with Gasteiger partial charge in [0.25, 0.3) is 5.91 Å². The van der Waals surface area contributed by atoms with E-state index in [-0.39, 0.29) is 31.6 Å². The molecule has 2 saturated heterocycles. The van der Waals surface area contributed by atoms with Gasteiger partial charge in [0.05, 0.1) is 18.5 Å². The van der Waals surface area contributed by atoms with E-state index in [1.54, 1.807) is 12.3 Å². The summed E-state index contributed by atoms with van der Waals surface area (Å²) in [5.74, 6) is -1.35. The zero-order valence-corrected chi connectivity index (χ0v) is 25.8. The lowest BCUT2D eigenvalue weighted by molar-refractivity contribution is -0.131. The van der Waals surface area contributed by atoms with Gasteiger partial charge in [0.1, 0.15) is 17.6 Å². The van der Waals surface area contributed by atoms with E-state index in [4.69, 9.17) is 31.3 Å². The lowest BCUT2D eigenvalue weighted by Gasteiger charge is -2.41. The number of benzene rings is 2. The molecule has 1 amide bonds. The highest BCUT2D eigenvalue weighted by atomic mass is 35.5. The molecule has 2 atom stereocenters. The van der Waals surface area contributed by atoms with Crippen molar-refractivity contribution in [2.24, 2.45) is 0 Å². The molecule has 1 unspecified atom stereocenters. The summed E-state index contributed by atoms with van der Waals surface area (Å²) in [5, 5.41) is 12.0. The Bertz CT molecular complexity index is 1850. The number of likely N-dealkylation sites (tertiary alicyclic amines) is 1. The number of hydrogen-bond acceptors (Lipinski definition) is 8. The van der Waals surface area contributed by atoms with Crippen molar-refractivity contribution >= 4 is 51.2 Å². The van der Waals surface area contributed by atoms with Crippen LogP contribution in [0, 0.1) is 11.3 Å². The van der Waals surface area contributed by atoms with Gasteiger partial charge in [0.2, 0.25) is 0 Å². The van der Waals surface area contributed by atoms with Crippen LogP contribution >= 0.6 is 11.6 Å². The fourth-order valence-corrected chi connectivity index (χ4v) is 6.68. The summed E-state index contributed by atoms with van der Waals surface area (Å²) in [6.07, 6.45) is 5.67. The molecule has 6 rings (SSSR count). The number of pyridine rings is 1. The third kappa shape index (κ3) is 5.81. The number of nitrogens with zero attached hydrogens (tertiary/aromatic N) is 7. The first-order valence-electron chi connectivity index (χ1n) is 14.9. The van der Waals surface area contributed by atoms with Crippen molar-refractivity contribution in [3.05, 3.63) is 72.2 Å². The second kappa shape index (κ2) is 12.8. The number of halogens is 2. The van der Waals surface area contributed by atoms with E-state index in [2.05, 4.69) is 31.2 Å². The van der Waals surface area contributed by atoms with Crippen LogP contribution < -0.4 is 9.64 Å². The Hall–Kier alpha value is -4.59. The number of fused-ring (bicyclic) bond motifs is 2. The van der Waals surface area contributed by atoms with Gasteiger partial charge in [-0.2, -0.15) is 15.2 Å². The van der Waals surface area contributed by atoms with E-state index in [0.29, 0.717) is 35.0 Å². The van der Waals surface area contributed by atoms with Crippen molar-refractivity contribution in [2.45, 2.75) is 31.3 Å². The van der Waals surface area contributed by atoms with E-state index in [1.807, 2.05) is 41.3 Å². The predicted molar refractivity (Wildman–Crippen MR) is 175 cm³/mol. The molecule has 2 aromatic heterocycles. The van der Waals surface area contributed by atoms with Crippen LogP contribution in [0.1, 0.15) is 24.8 Å². The summed E-state index contributed by atoms with van der Waals surface area (Å²) in [7, 11) is 2.08. The standard InChI is InChI=1S/C34H33ClFN7O2/c1-4-25-27(26-11-5-8-22-9-6-12-28(35)29(22)26)18-38-31-30(25)39-34(45-20-24-10-7-15-41(24)3)40-32(31)42-16-17-43(33(44)21(2)36)23(19-42)13-14-37/h4-6,8-9,11-12,18,23-24H,1-2,7,10,13,15-17,19-20H2,3H3/t23-,24?/m0/s1. The Morgan fingerprint density at radius 3 is 2.67 bits per heavy atom. The first-order chi connectivity index (χ1) is 21.8. The highest BCUT2D eigenvalue weighted by Gasteiger charge is 2.34. The van der Waals surface area contributed by atoms with Gasteiger partial charge in [-0.15, -0.1) is 0 Å². The number of carbonyl (C=O) groups is 1. The van der Waals surface area contributed by atoms with Crippen LogP contribution in [0.25, 0.3) is 39.0 Å². The Labute approximate surface area is 266 Å². The van der Waals surface area contributed by atoms with Crippen molar-refractivity contribution in [3.63, 3.8) is 0 Å². The van der Waals surface area contributed by atoms with E-state index in [0.717, 1.165) is 46.8 Å². The van der Waals surface area contributed by atoms with Crippen molar-refractivity contribution in [1.29, 1.82) is 5.26 Å². The maximum absolute atomic E-state index is 13.8. The van der Waals surface area contributed by atoms with Crippen LogP contribution in [0.3, 0.4) is 0 Å². The van der Waals surface area contributed by atoms with E-state index in [9.17, 15) is 14.4 Å². The predicted octanol–water partition coefficient (Wildman–Crippen LogP) is 6.03.